The van der Waals surface area contributed by atoms with Crippen molar-refractivity contribution in [3.8, 4) is 0 Å². The molecule has 1 heterocycles. The molecule has 1 aliphatic carbocycles. The normalized spacial score (nSPS) is 17.5. The molecule has 4 nitrogen and oxygen atoms in total. The second-order valence-electron chi connectivity index (χ2n) is 6.61. The van der Waals surface area contributed by atoms with Gasteiger partial charge in [0.15, 0.2) is 0 Å². The Labute approximate surface area is 157 Å². The number of para-hydroxylation sites is 1. The highest BCUT2D eigenvalue weighted by Crippen LogP contribution is 2.31. The molecule has 1 N–H and O–H groups in total. The van der Waals surface area contributed by atoms with Gasteiger partial charge < -0.3 is 5.32 Å². The molecule has 132 valence electrons. The number of fused-ring (bicyclic) bond motifs is 2. The van der Waals surface area contributed by atoms with Crippen LogP contribution in [-0.4, -0.2) is 21.1 Å². The topological polar surface area (TPSA) is 54.9 Å². The van der Waals surface area contributed by atoms with Gasteiger partial charge in [0.1, 0.15) is 11.4 Å². The molecule has 1 aliphatic rings. The first-order chi connectivity index (χ1) is 12.7. The van der Waals surface area contributed by atoms with Gasteiger partial charge in [0.2, 0.25) is 5.91 Å². The molecule has 3 aromatic rings. The van der Waals surface area contributed by atoms with Crippen molar-refractivity contribution in [2.45, 2.75) is 42.5 Å². The van der Waals surface area contributed by atoms with Crippen LogP contribution in [0.3, 0.4) is 0 Å². The van der Waals surface area contributed by atoms with Crippen molar-refractivity contribution in [2.75, 3.05) is 0 Å². The Balaban J connectivity index is 1.49. The zero-order valence-electron chi connectivity index (χ0n) is 14.7. The van der Waals surface area contributed by atoms with Crippen molar-refractivity contribution < 1.29 is 4.79 Å². The molecule has 1 aromatic heterocycles. The van der Waals surface area contributed by atoms with E-state index in [4.69, 9.17) is 0 Å². The Morgan fingerprint density at radius 2 is 1.96 bits per heavy atom. The molecule has 26 heavy (non-hydrogen) atoms. The molecule has 0 aliphatic heterocycles. The molecule has 4 rings (SSSR count). The summed E-state index contributed by atoms with van der Waals surface area (Å²) in [6, 6.07) is 16.4. The van der Waals surface area contributed by atoms with E-state index in [-0.39, 0.29) is 17.2 Å². The standard InChI is InChI=1S/C21H21N3OS/c1-14(26-21-17-10-4-5-11-18(17)22-13-23-21)20(25)24-19-12-6-8-15-7-2-3-9-16(15)19/h2-5,7,9-11,13-14,19H,6,8,12H2,1H3,(H,24,25)/t14-,19+/m1/s1. The third-order valence-corrected chi connectivity index (χ3v) is 5.97. The molecule has 0 spiro atoms. The molecule has 1 amide bonds. The summed E-state index contributed by atoms with van der Waals surface area (Å²) < 4.78 is 0. The number of hydrogen-bond donors (Lipinski definition) is 1. The lowest BCUT2D eigenvalue weighted by atomic mass is 9.88. The molecular formula is C21H21N3OS. The Kier molecular flexibility index (Phi) is 4.89. The maximum Gasteiger partial charge on any atom is 0.233 e. The molecule has 0 saturated heterocycles. The minimum absolute atomic E-state index is 0.0550. The summed E-state index contributed by atoms with van der Waals surface area (Å²) in [7, 11) is 0. The van der Waals surface area contributed by atoms with Gasteiger partial charge in [0.05, 0.1) is 16.8 Å². The van der Waals surface area contributed by atoms with Crippen molar-refractivity contribution in [1.82, 2.24) is 15.3 Å². The van der Waals surface area contributed by atoms with Gasteiger partial charge in [-0.25, -0.2) is 9.97 Å². The van der Waals surface area contributed by atoms with Gasteiger partial charge in [-0.15, -0.1) is 0 Å². The number of nitrogens with one attached hydrogen (secondary N) is 1. The van der Waals surface area contributed by atoms with Crippen molar-refractivity contribution >= 4 is 28.6 Å². The highest BCUT2D eigenvalue weighted by molar-refractivity contribution is 8.00. The highest BCUT2D eigenvalue weighted by atomic mass is 32.2. The number of carbonyl (C=O) groups excluding carboxylic acids is 1. The molecule has 2 atom stereocenters. The van der Waals surface area contributed by atoms with E-state index in [1.54, 1.807) is 6.33 Å². The van der Waals surface area contributed by atoms with Gasteiger partial charge in [-0.05, 0) is 43.4 Å². The number of rotatable bonds is 4. The second kappa shape index (κ2) is 7.46. The second-order valence-corrected chi connectivity index (χ2v) is 7.94. The number of benzene rings is 2. The van der Waals surface area contributed by atoms with E-state index in [1.165, 1.54) is 22.9 Å². The molecule has 2 aromatic carbocycles. The van der Waals surface area contributed by atoms with Crippen LogP contribution in [0.5, 0.6) is 0 Å². The minimum atomic E-state index is -0.220. The Morgan fingerprint density at radius 3 is 2.88 bits per heavy atom. The summed E-state index contributed by atoms with van der Waals surface area (Å²) in [6.07, 6.45) is 4.77. The summed E-state index contributed by atoms with van der Waals surface area (Å²) >= 11 is 1.49. The molecule has 5 heteroatoms. The first-order valence-electron chi connectivity index (χ1n) is 8.97. The van der Waals surface area contributed by atoms with Crippen molar-refractivity contribution in [3.05, 3.63) is 66.0 Å². The smallest absolute Gasteiger partial charge is 0.233 e. The number of nitrogens with zero attached hydrogens (tertiary/aromatic N) is 2. The lowest BCUT2D eigenvalue weighted by Crippen LogP contribution is -2.35. The van der Waals surface area contributed by atoms with Gasteiger partial charge >= 0.3 is 0 Å². The van der Waals surface area contributed by atoms with Gasteiger partial charge in [0.25, 0.3) is 0 Å². The van der Waals surface area contributed by atoms with Crippen LogP contribution in [0.25, 0.3) is 10.9 Å². The summed E-state index contributed by atoms with van der Waals surface area (Å²) in [5.74, 6) is 0.0550. The Morgan fingerprint density at radius 1 is 1.15 bits per heavy atom. The van der Waals surface area contributed by atoms with E-state index >= 15 is 0 Å². The molecule has 0 unspecified atom stereocenters. The monoisotopic (exact) mass is 363 g/mol. The van der Waals surface area contributed by atoms with Crippen molar-refractivity contribution in [1.29, 1.82) is 0 Å². The Hall–Kier alpha value is -2.40. The van der Waals surface area contributed by atoms with Crippen LogP contribution in [0.2, 0.25) is 0 Å². The first kappa shape index (κ1) is 17.0. The van der Waals surface area contributed by atoms with Crippen LogP contribution in [0.15, 0.2) is 59.9 Å². The van der Waals surface area contributed by atoms with E-state index < -0.39 is 0 Å². The van der Waals surface area contributed by atoms with Crippen molar-refractivity contribution in [3.63, 3.8) is 0 Å². The number of thioether (sulfide) groups is 1. The number of amides is 1. The van der Waals surface area contributed by atoms with Crippen LogP contribution in [0.1, 0.15) is 36.9 Å². The summed E-state index contributed by atoms with van der Waals surface area (Å²) in [6.45, 7) is 1.94. The zero-order chi connectivity index (χ0) is 17.9. The molecule has 0 fully saturated rings. The average Bonchev–Trinajstić information content (AvgIpc) is 2.68. The lowest BCUT2D eigenvalue weighted by molar-refractivity contribution is -0.121. The fourth-order valence-corrected chi connectivity index (χ4v) is 4.41. The fourth-order valence-electron chi connectivity index (χ4n) is 3.49. The molecular weight excluding hydrogens is 342 g/mol. The van der Waals surface area contributed by atoms with E-state index in [1.807, 2.05) is 31.2 Å². The highest BCUT2D eigenvalue weighted by Gasteiger charge is 2.24. The minimum Gasteiger partial charge on any atom is -0.348 e. The molecule has 0 saturated carbocycles. The maximum atomic E-state index is 12.8. The summed E-state index contributed by atoms with van der Waals surface area (Å²) in [5.41, 5.74) is 3.52. The quantitative estimate of drug-likeness (QED) is 0.554. The van der Waals surface area contributed by atoms with Crippen LogP contribution < -0.4 is 5.32 Å². The van der Waals surface area contributed by atoms with Crippen molar-refractivity contribution in [2.24, 2.45) is 0 Å². The van der Waals surface area contributed by atoms with Crippen LogP contribution in [0.4, 0.5) is 0 Å². The van der Waals surface area contributed by atoms with E-state index in [0.29, 0.717) is 0 Å². The largest absolute Gasteiger partial charge is 0.348 e. The fraction of sp³-hybridized carbons (Fsp3) is 0.286. The van der Waals surface area contributed by atoms with Gasteiger partial charge in [-0.3, -0.25) is 4.79 Å². The molecule has 0 radical (unpaired) electrons. The van der Waals surface area contributed by atoms with E-state index in [9.17, 15) is 4.79 Å². The predicted molar refractivity (Wildman–Crippen MR) is 105 cm³/mol. The first-order valence-corrected chi connectivity index (χ1v) is 9.85. The average molecular weight is 363 g/mol. The van der Waals surface area contributed by atoms with E-state index in [2.05, 4.69) is 39.6 Å². The Bertz CT molecular complexity index is 938. The van der Waals surface area contributed by atoms with Gasteiger partial charge in [-0.1, -0.05) is 54.2 Å². The van der Waals surface area contributed by atoms with E-state index in [0.717, 1.165) is 35.2 Å². The summed E-state index contributed by atoms with van der Waals surface area (Å²) in [5, 5.41) is 4.86. The summed E-state index contributed by atoms with van der Waals surface area (Å²) in [4.78, 5) is 21.5. The van der Waals surface area contributed by atoms with Crippen LogP contribution >= 0.6 is 11.8 Å². The number of aryl methyl sites for hydroxylation is 1. The van der Waals surface area contributed by atoms with Gasteiger partial charge in [-0.2, -0.15) is 0 Å². The SMILES string of the molecule is C[C@@H](Sc1ncnc2ccccc12)C(=O)N[C@H]1CCCc2ccccc21. The predicted octanol–water partition coefficient (Wildman–Crippen LogP) is 4.30. The number of carbonyl (C=O) groups is 1. The number of hydrogen-bond acceptors (Lipinski definition) is 4. The van der Waals surface area contributed by atoms with Gasteiger partial charge in [0, 0.05) is 5.39 Å². The van der Waals surface area contributed by atoms with Crippen LogP contribution in [-0.2, 0) is 11.2 Å². The zero-order valence-corrected chi connectivity index (χ0v) is 15.5. The third-order valence-electron chi connectivity index (χ3n) is 4.85. The lowest BCUT2D eigenvalue weighted by Gasteiger charge is -2.27. The maximum absolute atomic E-state index is 12.8. The number of aromatic nitrogens is 2. The third kappa shape index (κ3) is 3.44. The van der Waals surface area contributed by atoms with Crippen LogP contribution in [0, 0.1) is 0 Å². The molecule has 0 bridgehead atoms.